The van der Waals surface area contributed by atoms with Crippen LogP contribution in [0.2, 0.25) is 0 Å². The Balaban J connectivity index is 1.76. The fourth-order valence-electron chi connectivity index (χ4n) is 3.64. The zero-order valence-electron chi connectivity index (χ0n) is 15.4. The van der Waals surface area contributed by atoms with E-state index in [-0.39, 0.29) is 5.91 Å². The minimum Gasteiger partial charge on any atom is -0.367 e. The van der Waals surface area contributed by atoms with E-state index < -0.39 is 6.10 Å². The Morgan fingerprint density at radius 3 is 2.56 bits per heavy atom. The fourth-order valence-corrected chi connectivity index (χ4v) is 3.64. The quantitative estimate of drug-likeness (QED) is 0.828. The summed E-state index contributed by atoms with van der Waals surface area (Å²) in [6.07, 6.45) is 1.66. The van der Waals surface area contributed by atoms with Crippen LogP contribution in [-0.2, 0) is 9.53 Å². The third-order valence-electron chi connectivity index (χ3n) is 5.30. The minimum absolute atomic E-state index is 0.0715. The Kier molecular flexibility index (Phi) is 5.54. The molecule has 0 aromatic heterocycles. The zero-order valence-corrected chi connectivity index (χ0v) is 15.4. The highest BCUT2D eigenvalue weighted by atomic mass is 16.5. The fraction of sp³-hybridized carbons (Fsp3) is 0.409. The molecule has 1 amide bonds. The van der Waals surface area contributed by atoms with Crippen LogP contribution >= 0.6 is 0 Å². The number of aryl methyl sites for hydroxylation is 2. The largest absolute Gasteiger partial charge is 0.367 e. The summed E-state index contributed by atoms with van der Waals surface area (Å²) in [5.74, 6) is 0.479. The molecule has 3 rings (SSSR count). The topological polar surface area (TPSA) is 29.5 Å². The molecule has 2 atom stereocenters. The van der Waals surface area contributed by atoms with Crippen LogP contribution in [0.25, 0.3) is 0 Å². The van der Waals surface area contributed by atoms with Gasteiger partial charge in [-0.05, 0) is 48.9 Å². The summed E-state index contributed by atoms with van der Waals surface area (Å²) in [6, 6.07) is 16.4. The SMILES string of the molecule is CO[C@@H](C(=O)N1CCC[C@H](c2ccc(C)c(C)c2)C1)c1ccccc1. The van der Waals surface area contributed by atoms with E-state index in [0.717, 1.165) is 31.5 Å². The molecular weight excluding hydrogens is 310 g/mol. The van der Waals surface area contributed by atoms with E-state index in [1.807, 2.05) is 35.2 Å². The van der Waals surface area contributed by atoms with Crippen molar-refractivity contribution in [2.45, 2.75) is 38.7 Å². The van der Waals surface area contributed by atoms with Gasteiger partial charge in [-0.15, -0.1) is 0 Å². The van der Waals surface area contributed by atoms with E-state index in [2.05, 4.69) is 32.0 Å². The van der Waals surface area contributed by atoms with Gasteiger partial charge < -0.3 is 9.64 Å². The second kappa shape index (κ2) is 7.83. The molecule has 132 valence electrons. The molecule has 0 saturated carbocycles. The first-order valence-electron chi connectivity index (χ1n) is 9.04. The number of hydrogen-bond acceptors (Lipinski definition) is 2. The highest BCUT2D eigenvalue weighted by Crippen LogP contribution is 2.30. The molecule has 2 aromatic rings. The van der Waals surface area contributed by atoms with Crippen molar-refractivity contribution in [2.24, 2.45) is 0 Å². The zero-order chi connectivity index (χ0) is 17.8. The number of amides is 1. The Morgan fingerprint density at radius 2 is 1.88 bits per heavy atom. The second-order valence-corrected chi connectivity index (χ2v) is 6.99. The van der Waals surface area contributed by atoms with Crippen LogP contribution in [0.1, 0.15) is 47.1 Å². The number of carbonyl (C=O) groups excluding carboxylic acids is 1. The Morgan fingerprint density at radius 1 is 1.12 bits per heavy atom. The van der Waals surface area contributed by atoms with E-state index >= 15 is 0 Å². The number of hydrogen-bond donors (Lipinski definition) is 0. The predicted molar refractivity (Wildman–Crippen MR) is 101 cm³/mol. The van der Waals surface area contributed by atoms with E-state index in [4.69, 9.17) is 4.74 Å². The second-order valence-electron chi connectivity index (χ2n) is 6.99. The number of piperidine rings is 1. The number of rotatable bonds is 4. The van der Waals surface area contributed by atoms with Crippen molar-refractivity contribution in [2.75, 3.05) is 20.2 Å². The molecule has 0 spiro atoms. The van der Waals surface area contributed by atoms with Gasteiger partial charge in [0.05, 0.1) is 0 Å². The van der Waals surface area contributed by atoms with Gasteiger partial charge in [-0.1, -0.05) is 48.5 Å². The number of carbonyl (C=O) groups is 1. The monoisotopic (exact) mass is 337 g/mol. The number of benzene rings is 2. The van der Waals surface area contributed by atoms with E-state index in [1.54, 1.807) is 7.11 Å². The molecule has 1 aliphatic rings. The summed E-state index contributed by atoms with van der Waals surface area (Å²) in [6.45, 7) is 5.88. The summed E-state index contributed by atoms with van der Waals surface area (Å²) in [7, 11) is 1.61. The van der Waals surface area contributed by atoms with Crippen LogP contribution in [0.5, 0.6) is 0 Å². The van der Waals surface area contributed by atoms with Gasteiger partial charge in [-0.2, -0.15) is 0 Å². The number of ether oxygens (including phenoxy) is 1. The first-order chi connectivity index (χ1) is 12.1. The predicted octanol–water partition coefficient (Wildman–Crippen LogP) is 4.40. The molecular formula is C22H27NO2. The lowest BCUT2D eigenvalue weighted by atomic mass is 9.88. The molecule has 2 aromatic carbocycles. The van der Waals surface area contributed by atoms with Gasteiger partial charge >= 0.3 is 0 Å². The minimum atomic E-state index is -0.514. The molecule has 3 heteroatoms. The van der Waals surface area contributed by atoms with Crippen molar-refractivity contribution in [1.29, 1.82) is 0 Å². The van der Waals surface area contributed by atoms with Crippen molar-refractivity contribution in [3.05, 3.63) is 70.8 Å². The molecule has 1 aliphatic heterocycles. The lowest BCUT2D eigenvalue weighted by Crippen LogP contribution is -2.42. The van der Waals surface area contributed by atoms with Crippen molar-refractivity contribution < 1.29 is 9.53 Å². The maximum atomic E-state index is 13.0. The smallest absolute Gasteiger partial charge is 0.256 e. The molecule has 0 bridgehead atoms. The average Bonchev–Trinajstić information content (AvgIpc) is 2.65. The highest BCUT2D eigenvalue weighted by Gasteiger charge is 2.30. The number of nitrogens with zero attached hydrogens (tertiary/aromatic N) is 1. The molecule has 0 N–H and O–H groups in total. The van der Waals surface area contributed by atoms with Gasteiger partial charge in [-0.3, -0.25) is 4.79 Å². The lowest BCUT2D eigenvalue weighted by Gasteiger charge is -2.35. The maximum Gasteiger partial charge on any atom is 0.256 e. The Bertz CT molecular complexity index is 726. The van der Waals surface area contributed by atoms with E-state index in [9.17, 15) is 4.79 Å². The molecule has 0 aliphatic carbocycles. The van der Waals surface area contributed by atoms with Crippen molar-refractivity contribution in [1.82, 2.24) is 4.90 Å². The van der Waals surface area contributed by atoms with Crippen molar-refractivity contribution in [3.63, 3.8) is 0 Å². The molecule has 1 heterocycles. The number of likely N-dealkylation sites (tertiary alicyclic amines) is 1. The van der Waals surface area contributed by atoms with Crippen molar-refractivity contribution in [3.8, 4) is 0 Å². The average molecular weight is 337 g/mol. The summed E-state index contributed by atoms with van der Waals surface area (Å²) in [4.78, 5) is 15.0. The summed E-state index contributed by atoms with van der Waals surface area (Å²) in [5, 5.41) is 0. The van der Waals surface area contributed by atoms with Gasteiger partial charge in [0, 0.05) is 26.1 Å². The third-order valence-corrected chi connectivity index (χ3v) is 5.30. The van der Waals surface area contributed by atoms with Crippen LogP contribution in [-0.4, -0.2) is 31.0 Å². The molecule has 0 radical (unpaired) electrons. The number of methoxy groups -OCH3 is 1. The molecule has 0 unspecified atom stereocenters. The maximum absolute atomic E-state index is 13.0. The van der Waals surface area contributed by atoms with Gasteiger partial charge in [0.2, 0.25) is 0 Å². The van der Waals surface area contributed by atoms with E-state index in [0.29, 0.717) is 5.92 Å². The molecule has 1 fully saturated rings. The lowest BCUT2D eigenvalue weighted by molar-refractivity contribution is -0.143. The summed E-state index contributed by atoms with van der Waals surface area (Å²) in [5.41, 5.74) is 4.90. The van der Waals surface area contributed by atoms with Gasteiger partial charge in [-0.25, -0.2) is 0 Å². The Hall–Kier alpha value is -2.13. The van der Waals surface area contributed by atoms with Crippen LogP contribution in [0.3, 0.4) is 0 Å². The standard InChI is InChI=1S/C22H27NO2/c1-16-11-12-19(14-17(16)2)20-10-7-13-23(15-20)22(24)21(25-3)18-8-5-4-6-9-18/h4-6,8-9,11-12,14,20-21H,7,10,13,15H2,1-3H3/t20-,21+/m0/s1. The van der Waals surface area contributed by atoms with Crippen molar-refractivity contribution >= 4 is 5.91 Å². The molecule has 1 saturated heterocycles. The first kappa shape index (κ1) is 17.7. The normalized spacial score (nSPS) is 18.8. The first-order valence-corrected chi connectivity index (χ1v) is 9.04. The van der Waals surface area contributed by atoms with Gasteiger partial charge in [0.15, 0.2) is 6.10 Å². The summed E-state index contributed by atoms with van der Waals surface area (Å²) < 4.78 is 5.54. The van der Waals surface area contributed by atoms with Crippen LogP contribution < -0.4 is 0 Å². The summed E-state index contributed by atoms with van der Waals surface area (Å²) >= 11 is 0. The van der Waals surface area contributed by atoms with Crippen LogP contribution in [0.15, 0.2) is 48.5 Å². The third kappa shape index (κ3) is 3.93. The van der Waals surface area contributed by atoms with Crippen LogP contribution in [0, 0.1) is 13.8 Å². The Labute approximate surface area is 150 Å². The molecule has 3 nitrogen and oxygen atoms in total. The molecule has 25 heavy (non-hydrogen) atoms. The van der Waals surface area contributed by atoms with Gasteiger partial charge in [0.1, 0.15) is 0 Å². The van der Waals surface area contributed by atoms with E-state index in [1.165, 1.54) is 16.7 Å². The highest BCUT2D eigenvalue weighted by molar-refractivity contribution is 5.82. The van der Waals surface area contributed by atoms with Crippen LogP contribution in [0.4, 0.5) is 0 Å². The van der Waals surface area contributed by atoms with Gasteiger partial charge in [0.25, 0.3) is 5.91 Å².